The third-order valence-corrected chi connectivity index (χ3v) is 6.67. The number of thioether (sulfide) groups is 1. The third kappa shape index (κ3) is 2.95. The number of benzene rings is 1. The van der Waals surface area contributed by atoms with E-state index in [1.807, 2.05) is 17.0 Å². The van der Waals surface area contributed by atoms with Crippen molar-refractivity contribution in [2.75, 3.05) is 33.3 Å². The SMILES string of the molecule is COC(=O)N1CCC2(CC1)CN=C1c3ccc(Br)cc3SC(=N)N1C2. The number of likely N-dealkylation sites (tertiary alicyclic amines) is 1. The minimum absolute atomic E-state index is 0.0355. The molecule has 0 radical (unpaired) electrons. The number of hydrogen-bond acceptors (Lipinski definition) is 5. The van der Waals surface area contributed by atoms with Crippen molar-refractivity contribution < 1.29 is 9.53 Å². The quantitative estimate of drug-likeness (QED) is 0.695. The summed E-state index contributed by atoms with van der Waals surface area (Å²) in [5.41, 5.74) is 1.14. The van der Waals surface area contributed by atoms with E-state index in [9.17, 15) is 4.79 Å². The number of nitrogens with one attached hydrogen (secondary N) is 1. The van der Waals surface area contributed by atoms with Crippen LogP contribution in [0.4, 0.5) is 4.79 Å². The molecule has 3 aliphatic rings. The molecule has 1 saturated heterocycles. The first-order valence-electron chi connectivity index (χ1n) is 8.23. The van der Waals surface area contributed by atoms with Crippen molar-refractivity contribution in [3.05, 3.63) is 28.2 Å². The van der Waals surface area contributed by atoms with E-state index in [4.69, 9.17) is 15.1 Å². The Labute approximate surface area is 159 Å². The van der Waals surface area contributed by atoms with E-state index in [1.54, 1.807) is 4.90 Å². The monoisotopic (exact) mass is 422 g/mol. The van der Waals surface area contributed by atoms with Gasteiger partial charge in [0, 0.05) is 46.5 Å². The maximum Gasteiger partial charge on any atom is 0.409 e. The number of carbonyl (C=O) groups excluding carboxylic acids is 1. The van der Waals surface area contributed by atoms with E-state index >= 15 is 0 Å². The molecule has 0 saturated carbocycles. The van der Waals surface area contributed by atoms with Crippen LogP contribution in [0.5, 0.6) is 0 Å². The van der Waals surface area contributed by atoms with Gasteiger partial charge in [-0.05, 0) is 31.0 Å². The number of nitrogens with zero attached hydrogens (tertiary/aromatic N) is 3. The smallest absolute Gasteiger partial charge is 0.409 e. The van der Waals surface area contributed by atoms with Gasteiger partial charge >= 0.3 is 6.09 Å². The summed E-state index contributed by atoms with van der Waals surface area (Å²) < 4.78 is 5.84. The number of fused-ring (bicyclic) bond motifs is 3. The molecular formula is C17H19BrN4O2S. The van der Waals surface area contributed by atoms with Crippen LogP contribution < -0.4 is 0 Å². The highest BCUT2D eigenvalue weighted by Gasteiger charge is 2.43. The summed E-state index contributed by atoms with van der Waals surface area (Å²) in [6, 6.07) is 6.14. The summed E-state index contributed by atoms with van der Waals surface area (Å²) in [4.78, 5) is 21.5. The van der Waals surface area contributed by atoms with E-state index in [0.717, 1.165) is 46.7 Å². The molecule has 1 amide bonds. The van der Waals surface area contributed by atoms with Gasteiger partial charge in [0.05, 0.1) is 7.11 Å². The Morgan fingerprint density at radius 2 is 2.16 bits per heavy atom. The van der Waals surface area contributed by atoms with Crippen LogP contribution in [-0.2, 0) is 4.74 Å². The highest BCUT2D eigenvalue weighted by Crippen LogP contribution is 2.41. The Morgan fingerprint density at radius 3 is 2.88 bits per heavy atom. The van der Waals surface area contributed by atoms with E-state index in [1.165, 1.54) is 18.9 Å². The Kier molecular flexibility index (Phi) is 4.27. The van der Waals surface area contributed by atoms with Crippen LogP contribution >= 0.6 is 27.7 Å². The van der Waals surface area contributed by atoms with Crippen molar-refractivity contribution in [1.29, 1.82) is 5.41 Å². The topological polar surface area (TPSA) is 69.0 Å². The van der Waals surface area contributed by atoms with Gasteiger partial charge in [0.1, 0.15) is 5.84 Å². The van der Waals surface area contributed by atoms with E-state index in [0.29, 0.717) is 18.3 Å². The minimum atomic E-state index is -0.254. The molecule has 0 atom stereocenters. The van der Waals surface area contributed by atoms with Gasteiger partial charge in [0.25, 0.3) is 0 Å². The van der Waals surface area contributed by atoms with Crippen LogP contribution in [0, 0.1) is 10.8 Å². The third-order valence-electron chi connectivity index (χ3n) is 5.21. The maximum absolute atomic E-state index is 11.7. The second kappa shape index (κ2) is 6.32. The Bertz CT molecular complexity index is 774. The summed E-state index contributed by atoms with van der Waals surface area (Å²) in [6.45, 7) is 2.92. The summed E-state index contributed by atoms with van der Waals surface area (Å²) in [5.74, 6) is 0.910. The van der Waals surface area contributed by atoms with Crippen LogP contribution in [0.25, 0.3) is 0 Å². The number of amides is 1. The van der Waals surface area contributed by atoms with Crippen LogP contribution in [0.3, 0.4) is 0 Å². The number of amidine groups is 2. The molecule has 8 heteroatoms. The molecule has 3 aliphatic heterocycles. The van der Waals surface area contributed by atoms with Gasteiger partial charge in [-0.2, -0.15) is 0 Å². The Balaban J connectivity index is 1.58. The number of hydrogen-bond donors (Lipinski definition) is 1. The molecule has 1 fully saturated rings. The maximum atomic E-state index is 11.7. The van der Waals surface area contributed by atoms with Crippen LogP contribution in [0.1, 0.15) is 18.4 Å². The zero-order chi connectivity index (χ0) is 17.6. The number of carbonyl (C=O) groups is 1. The van der Waals surface area contributed by atoms with Crippen molar-refractivity contribution in [2.45, 2.75) is 17.7 Å². The summed E-state index contributed by atoms with van der Waals surface area (Å²) >= 11 is 4.98. The largest absolute Gasteiger partial charge is 0.453 e. The van der Waals surface area contributed by atoms with Crippen LogP contribution in [-0.4, -0.2) is 60.2 Å². The lowest BCUT2D eigenvalue weighted by atomic mass is 9.77. The lowest BCUT2D eigenvalue weighted by Gasteiger charge is -2.47. The van der Waals surface area contributed by atoms with Gasteiger partial charge in [-0.1, -0.05) is 27.7 Å². The molecule has 4 rings (SSSR count). The predicted octanol–water partition coefficient (Wildman–Crippen LogP) is 3.40. The molecule has 6 nitrogen and oxygen atoms in total. The van der Waals surface area contributed by atoms with Gasteiger partial charge in [-0.3, -0.25) is 10.4 Å². The molecule has 0 unspecified atom stereocenters. The molecule has 1 aromatic carbocycles. The summed E-state index contributed by atoms with van der Waals surface area (Å²) in [7, 11) is 1.42. The summed E-state index contributed by atoms with van der Waals surface area (Å²) in [6.07, 6.45) is 1.52. The fraction of sp³-hybridized carbons (Fsp3) is 0.471. The van der Waals surface area contributed by atoms with Gasteiger partial charge in [0.15, 0.2) is 5.17 Å². The molecule has 1 aromatic rings. The Morgan fingerprint density at radius 1 is 1.40 bits per heavy atom. The number of ether oxygens (including phenoxy) is 1. The van der Waals surface area contributed by atoms with Gasteiger partial charge < -0.3 is 14.5 Å². The first-order valence-corrected chi connectivity index (χ1v) is 9.83. The highest BCUT2D eigenvalue weighted by atomic mass is 79.9. The predicted molar refractivity (Wildman–Crippen MR) is 101 cm³/mol. The van der Waals surface area contributed by atoms with Gasteiger partial charge in [-0.25, -0.2) is 4.79 Å². The number of halogens is 1. The fourth-order valence-corrected chi connectivity index (χ4v) is 5.16. The van der Waals surface area contributed by atoms with E-state index < -0.39 is 0 Å². The minimum Gasteiger partial charge on any atom is -0.453 e. The fourth-order valence-electron chi connectivity index (χ4n) is 3.72. The second-order valence-electron chi connectivity index (χ2n) is 6.73. The summed E-state index contributed by atoms with van der Waals surface area (Å²) in [5, 5.41) is 8.99. The van der Waals surface area contributed by atoms with Gasteiger partial charge in [-0.15, -0.1) is 0 Å². The molecule has 0 bridgehead atoms. The normalized spacial score (nSPS) is 21.5. The zero-order valence-corrected chi connectivity index (χ0v) is 16.3. The van der Waals surface area contributed by atoms with Crippen LogP contribution in [0.2, 0.25) is 0 Å². The van der Waals surface area contributed by atoms with E-state index in [2.05, 4.69) is 22.0 Å². The zero-order valence-electron chi connectivity index (χ0n) is 13.9. The molecule has 0 aromatic heterocycles. The molecular weight excluding hydrogens is 404 g/mol. The Hall–Kier alpha value is -1.54. The second-order valence-corrected chi connectivity index (χ2v) is 8.68. The van der Waals surface area contributed by atoms with Crippen molar-refractivity contribution >= 4 is 44.8 Å². The number of rotatable bonds is 0. The number of aliphatic imine (C=N–C) groups is 1. The standard InChI is InChI=1S/C17H19BrN4O2S/c1-24-16(23)21-6-4-17(5-7-21)9-20-14-12-3-2-11(18)8-13(12)25-15(19)22(14)10-17/h2-3,8,19H,4-7,9-10H2,1H3. The average Bonchev–Trinajstić information content (AvgIpc) is 2.62. The van der Waals surface area contributed by atoms with Crippen LogP contribution in [0.15, 0.2) is 32.6 Å². The lowest BCUT2D eigenvalue weighted by Crippen LogP contribution is -2.55. The van der Waals surface area contributed by atoms with Crippen molar-refractivity contribution in [1.82, 2.24) is 9.80 Å². The molecule has 132 valence electrons. The molecule has 1 N–H and O–H groups in total. The number of methoxy groups -OCH3 is 1. The molecule has 3 heterocycles. The number of piperidine rings is 1. The molecule has 25 heavy (non-hydrogen) atoms. The van der Waals surface area contributed by atoms with Crippen molar-refractivity contribution in [2.24, 2.45) is 10.4 Å². The van der Waals surface area contributed by atoms with E-state index in [-0.39, 0.29) is 11.5 Å². The molecule has 0 aliphatic carbocycles. The van der Waals surface area contributed by atoms with Gasteiger partial charge in [0.2, 0.25) is 0 Å². The lowest BCUT2D eigenvalue weighted by molar-refractivity contribution is 0.0729. The van der Waals surface area contributed by atoms with Crippen molar-refractivity contribution in [3.8, 4) is 0 Å². The first kappa shape index (κ1) is 16.9. The average molecular weight is 423 g/mol. The van der Waals surface area contributed by atoms with Crippen molar-refractivity contribution in [3.63, 3.8) is 0 Å². The highest BCUT2D eigenvalue weighted by molar-refractivity contribution is 9.10. The molecule has 1 spiro atoms. The first-order chi connectivity index (χ1) is 12.0.